The van der Waals surface area contributed by atoms with E-state index in [1.165, 1.54) is 6.42 Å². The van der Waals surface area contributed by atoms with Gasteiger partial charge in [0, 0.05) is 57.2 Å². The van der Waals surface area contributed by atoms with Gasteiger partial charge in [0.05, 0.1) is 0 Å². The molecule has 0 saturated carbocycles. The first-order valence-electron chi connectivity index (χ1n) is 10.6. The predicted molar refractivity (Wildman–Crippen MR) is 112 cm³/mol. The quantitative estimate of drug-likeness (QED) is 0.786. The number of nitrogens with zero attached hydrogens (tertiary/aromatic N) is 7. The Morgan fingerprint density at radius 2 is 1.76 bits per heavy atom. The van der Waals surface area contributed by atoms with Crippen LogP contribution in [0, 0.1) is 6.92 Å². The zero-order chi connectivity index (χ0) is 20.2. The fourth-order valence-corrected chi connectivity index (χ4v) is 4.25. The lowest BCUT2D eigenvalue weighted by Gasteiger charge is -2.36. The van der Waals surface area contributed by atoms with Crippen molar-refractivity contribution >= 4 is 17.7 Å². The maximum absolute atomic E-state index is 13.2. The van der Waals surface area contributed by atoms with Crippen LogP contribution < -0.4 is 9.80 Å². The number of rotatable bonds is 4. The van der Waals surface area contributed by atoms with Crippen molar-refractivity contribution in [3.8, 4) is 0 Å². The fraction of sp³-hybridized carbons (Fsp3) is 0.571. The number of aryl methyl sites for hydroxylation is 1. The molecule has 0 aliphatic carbocycles. The van der Waals surface area contributed by atoms with E-state index < -0.39 is 0 Å². The van der Waals surface area contributed by atoms with Gasteiger partial charge in [-0.2, -0.15) is 0 Å². The Morgan fingerprint density at radius 1 is 1.03 bits per heavy atom. The summed E-state index contributed by atoms with van der Waals surface area (Å²) >= 11 is 0. The highest BCUT2D eigenvalue weighted by Crippen LogP contribution is 2.23. The van der Waals surface area contributed by atoms with Crippen LogP contribution in [0.5, 0.6) is 0 Å². The molecule has 4 rings (SSSR count). The molecule has 0 radical (unpaired) electrons. The number of piperazine rings is 1. The molecular weight excluding hydrogens is 366 g/mol. The largest absolute Gasteiger partial charge is 0.353 e. The summed E-state index contributed by atoms with van der Waals surface area (Å²) in [4.78, 5) is 37.4. The number of aromatic nitrogens is 4. The number of hydrogen-bond donors (Lipinski definition) is 0. The van der Waals surface area contributed by atoms with Crippen molar-refractivity contribution < 1.29 is 4.79 Å². The van der Waals surface area contributed by atoms with Gasteiger partial charge < -0.3 is 14.7 Å². The van der Waals surface area contributed by atoms with Crippen LogP contribution in [-0.4, -0.2) is 69.5 Å². The minimum absolute atomic E-state index is 0.0413. The predicted octanol–water partition coefficient (Wildman–Crippen LogP) is 2.31. The van der Waals surface area contributed by atoms with Gasteiger partial charge >= 0.3 is 0 Å². The molecule has 1 amide bonds. The van der Waals surface area contributed by atoms with Gasteiger partial charge in [-0.3, -0.25) is 4.79 Å². The summed E-state index contributed by atoms with van der Waals surface area (Å²) in [6, 6.07) is 4.02. The van der Waals surface area contributed by atoms with E-state index in [1.807, 2.05) is 24.0 Å². The highest BCUT2D eigenvalue weighted by atomic mass is 16.2. The van der Waals surface area contributed by atoms with Crippen molar-refractivity contribution in [3.63, 3.8) is 0 Å². The second kappa shape index (κ2) is 8.71. The van der Waals surface area contributed by atoms with E-state index in [4.69, 9.17) is 0 Å². The van der Waals surface area contributed by atoms with Crippen LogP contribution in [0.4, 0.5) is 11.8 Å². The van der Waals surface area contributed by atoms with Gasteiger partial charge in [-0.15, -0.1) is 0 Å². The Hall–Kier alpha value is -2.77. The molecule has 2 aliphatic rings. The van der Waals surface area contributed by atoms with Crippen molar-refractivity contribution in [1.29, 1.82) is 0 Å². The fourth-order valence-electron chi connectivity index (χ4n) is 4.25. The minimum atomic E-state index is 0.0413. The monoisotopic (exact) mass is 395 g/mol. The number of hydrogen-bond acceptors (Lipinski definition) is 7. The number of carbonyl (C=O) groups is 1. The Bertz CT molecular complexity index is 836. The molecule has 0 bridgehead atoms. The van der Waals surface area contributed by atoms with Crippen LogP contribution in [0.3, 0.4) is 0 Å². The smallest absolute Gasteiger partial charge is 0.272 e. The molecule has 154 valence electrons. The molecule has 8 nitrogen and oxygen atoms in total. The summed E-state index contributed by atoms with van der Waals surface area (Å²) in [6.07, 6.45) is 7.89. The lowest BCUT2D eigenvalue weighted by Crippen LogP contribution is -2.47. The van der Waals surface area contributed by atoms with Crippen molar-refractivity contribution in [3.05, 3.63) is 36.0 Å². The highest BCUT2D eigenvalue weighted by Gasteiger charge is 2.28. The van der Waals surface area contributed by atoms with Crippen LogP contribution >= 0.6 is 0 Å². The van der Waals surface area contributed by atoms with E-state index >= 15 is 0 Å². The summed E-state index contributed by atoms with van der Waals surface area (Å²) in [5, 5.41) is 0. The first-order valence-corrected chi connectivity index (χ1v) is 10.6. The molecule has 2 aromatic rings. The average Bonchev–Trinajstić information content (AvgIpc) is 2.79. The molecule has 2 saturated heterocycles. The molecule has 0 spiro atoms. The maximum Gasteiger partial charge on any atom is 0.272 e. The van der Waals surface area contributed by atoms with E-state index in [2.05, 4.69) is 36.7 Å². The number of piperidine rings is 1. The number of amides is 1. The Balaban J connectivity index is 1.48. The number of carbonyl (C=O) groups excluding carboxylic acids is 1. The standard InChI is InChI=1S/C21H29N7O/c1-3-17-7-4-5-10-28(17)20(29)18-15-19(25-16(2)24-18)26-11-13-27(14-12-26)21-22-8-6-9-23-21/h6,8-9,15,17H,3-5,7,10-14H2,1-2H3. The van der Waals surface area contributed by atoms with E-state index in [-0.39, 0.29) is 5.91 Å². The molecule has 1 atom stereocenters. The van der Waals surface area contributed by atoms with Gasteiger partial charge in [0.25, 0.3) is 5.91 Å². The third-order valence-corrected chi connectivity index (χ3v) is 5.84. The molecule has 4 heterocycles. The number of anilines is 2. The van der Waals surface area contributed by atoms with Gasteiger partial charge in [-0.25, -0.2) is 19.9 Å². The molecule has 2 aromatic heterocycles. The van der Waals surface area contributed by atoms with E-state index in [0.29, 0.717) is 17.6 Å². The SMILES string of the molecule is CCC1CCCCN1C(=O)c1cc(N2CCN(c3ncccn3)CC2)nc(C)n1. The average molecular weight is 396 g/mol. The van der Waals surface area contributed by atoms with Crippen molar-refractivity contribution in [1.82, 2.24) is 24.8 Å². The van der Waals surface area contributed by atoms with Crippen molar-refractivity contribution in [2.75, 3.05) is 42.5 Å². The van der Waals surface area contributed by atoms with E-state index in [0.717, 1.165) is 63.8 Å². The maximum atomic E-state index is 13.2. The Labute approximate surface area is 172 Å². The normalized spacial score (nSPS) is 20.1. The molecule has 0 N–H and O–H groups in total. The van der Waals surface area contributed by atoms with Gasteiger partial charge in [-0.05, 0) is 38.7 Å². The van der Waals surface area contributed by atoms with Crippen LogP contribution in [0.1, 0.15) is 48.9 Å². The lowest BCUT2D eigenvalue weighted by atomic mass is 9.99. The second-order valence-electron chi connectivity index (χ2n) is 7.74. The second-order valence-corrected chi connectivity index (χ2v) is 7.74. The first kappa shape index (κ1) is 19.5. The summed E-state index contributed by atoms with van der Waals surface area (Å²) < 4.78 is 0. The molecule has 1 unspecified atom stereocenters. The van der Waals surface area contributed by atoms with Crippen molar-refractivity contribution in [2.24, 2.45) is 0 Å². The van der Waals surface area contributed by atoms with Crippen molar-refractivity contribution in [2.45, 2.75) is 45.6 Å². The third-order valence-electron chi connectivity index (χ3n) is 5.84. The minimum Gasteiger partial charge on any atom is -0.353 e. The summed E-state index contributed by atoms with van der Waals surface area (Å²) in [5.74, 6) is 2.28. The summed E-state index contributed by atoms with van der Waals surface area (Å²) in [7, 11) is 0. The van der Waals surface area contributed by atoms with Crippen LogP contribution in [-0.2, 0) is 0 Å². The summed E-state index contributed by atoms with van der Waals surface area (Å²) in [5.41, 5.74) is 0.515. The molecule has 2 aliphatic heterocycles. The van der Waals surface area contributed by atoms with Crippen LogP contribution in [0.2, 0.25) is 0 Å². The van der Waals surface area contributed by atoms with E-state index in [1.54, 1.807) is 12.4 Å². The lowest BCUT2D eigenvalue weighted by molar-refractivity contribution is 0.0601. The van der Waals surface area contributed by atoms with Gasteiger partial charge in [-0.1, -0.05) is 6.92 Å². The molecule has 8 heteroatoms. The molecule has 0 aromatic carbocycles. The molecule has 29 heavy (non-hydrogen) atoms. The van der Waals surface area contributed by atoms with Crippen LogP contribution in [0.15, 0.2) is 24.5 Å². The number of likely N-dealkylation sites (tertiary alicyclic amines) is 1. The van der Waals surface area contributed by atoms with Gasteiger partial charge in [0.1, 0.15) is 17.3 Å². The molecular formula is C21H29N7O. The van der Waals surface area contributed by atoms with E-state index in [9.17, 15) is 4.79 Å². The zero-order valence-corrected chi connectivity index (χ0v) is 17.3. The van der Waals surface area contributed by atoms with Crippen LogP contribution in [0.25, 0.3) is 0 Å². The highest BCUT2D eigenvalue weighted by molar-refractivity contribution is 5.93. The Kier molecular flexibility index (Phi) is 5.87. The van der Waals surface area contributed by atoms with Gasteiger partial charge in [0.15, 0.2) is 0 Å². The van der Waals surface area contributed by atoms with Gasteiger partial charge in [0.2, 0.25) is 5.95 Å². The topological polar surface area (TPSA) is 78.4 Å². The first-order chi connectivity index (χ1) is 14.2. The zero-order valence-electron chi connectivity index (χ0n) is 17.3. The Morgan fingerprint density at radius 3 is 2.48 bits per heavy atom. The summed E-state index contributed by atoms with van der Waals surface area (Å²) in [6.45, 7) is 8.10. The molecule has 2 fully saturated rings. The third kappa shape index (κ3) is 4.31.